The second kappa shape index (κ2) is 8.97. The first kappa shape index (κ1) is 17.1. The lowest BCUT2D eigenvalue weighted by atomic mass is 10.1. The van der Waals surface area contributed by atoms with Gasteiger partial charge in [-0.2, -0.15) is 5.26 Å². The van der Waals surface area contributed by atoms with Crippen LogP contribution in [0, 0.1) is 29.0 Å². The van der Waals surface area contributed by atoms with E-state index in [0.717, 1.165) is 11.6 Å². The topological polar surface area (TPSA) is 62.1 Å². The van der Waals surface area contributed by atoms with Gasteiger partial charge in [0.15, 0.2) is 0 Å². The molecule has 0 aliphatic carbocycles. The molecule has 0 aromatic heterocycles. The standard InChI is InChI=1S/C19H15FN2O2/c20-18-11-16(10-17(12-18)13-21)8-4-5-9-22-19(23)24-14-15-6-2-1-3-7-15/h1-3,6-7,10-12H,5,9,14H2,(H,22,23). The van der Waals surface area contributed by atoms with Gasteiger partial charge in [-0.25, -0.2) is 9.18 Å². The van der Waals surface area contributed by atoms with Crippen LogP contribution < -0.4 is 5.32 Å². The minimum Gasteiger partial charge on any atom is -0.445 e. The summed E-state index contributed by atoms with van der Waals surface area (Å²) in [6, 6.07) is 15.2. The van der Waals surface area contributed by atoms with Crippen molar-refractivity contribution in [1.82, 2.24) is 5.32 Å². The minimum absolute atomic E-state index is 0.207. The van der Waals surface area contributed by atoms with Crippen molar-refractivity contribution in [2.75, 3.05) is 6.54 Å². The van der Waals surface area contributed by atoms with E-state index in [4.69, 9.17) is 10.00 Å². The molecule has 0 spiro atoms. The largest absolute Gasteiger partial charge is 0.445 e. The second-order valence-electron chi connectivity index (χ2n) is 4.88. The third-order valence-corrected chi connectivity index (χ3v) is 2.99. The Morgan fingerprint density at radius 2 is 1.92 bits per heavy atom. The van der Waals surface area contributed by atoms with E-state index >= 15 is 0 Å². The molecule has 0 aliphatic rings. The molecule has 0 bridgehead atoms. The first-order valence-electron chi connectivity index (χ1n) is 7.31. The predicted octanol–water partition coefficient (Wildman–Crippen LogP) is 3.37. The average Bonchev–Trinajstić information content (AvgIpc) is 2.60. The van der Waals surface area contributed by atoms with Crippen LogP contribution in [0.1, 0.15) is 23.1 Å². The van der Waals surface area contributed by atoms with Gasteiger partial charge >= 0.3 is 6.09 Å². The van der Waals surface area contributed by atoms with Crippen LogP contribution >= 0.6 is 0 Å². The van der Waals surface area contributed by atoms with E-state index in [-0.39, 0.29) is 12.2 Å². The molecule has 1 amide bonds. The summed E-state index contributed by atoms with van der Waals surface area (Å²) in [6.07, 6.45) is -0.128. The summed E-state index contributed by atoms with van der Waals surface area (Å²) in [5.41, 5.74) is 1.56. The number of ether oxygens (including phenoxy) is 1. The molecule has 0 saturated heterocycles. The molecule has 4 nitrogen and oxygen atoms in total. The molecule has 0 saturated carbocycles. The highest BCUT2D eigenvalue weighted by Gasteiger charge is 2.01. The van der Waals surface area contributed by atoms with Crippen molar-refractivity contribution >= 4 is 6.09 Å². The number of carbonyl (C=O) groups excluding carboxylic acids is 1. The zero-order valence-electron chi connectivity index (χ0n) is 12.9. The van der Waals surface area contributed by atoms with Gasteiger partial charge in [-0.3, -0.25) is 0 Å². The number of halogens is 1. The van der Waals surface area contributed by atoms with Crippen molar-refractivity contribution in [3.63, 3.8) is 0 Å². The quantitative estimate of drug-likeness (QED) is 0.693. The Bertz CT molecular complexity index is 802. The normalized spacial score (nSPS) is 9.33. The van der Waals surface area contributed by atoms with Gasteiger partial charge in [-0.05, 0) is 23.8 Å². The van der Waals surface area contributed by atoms with Crippen LogP contribution in [-0.4, -0.2) is 12.6 Å². The fraction of sp³-hybridized carbons (Fsp3) is 0.158. The molecule has 0 fully saturated rings. The zero-order valence-corrected chi connectivity index (χ0v) is 12.9. The highest BCUT2D eigenvalue weighted by molar-refractivity contribution is 5.67. The lowest BCUT2D eigenvalue weighted by Gasteiger charge is -2.05. The number of nitrogens with zero attached hydrogens (tertiary/aromatic N) is 1. The molecule has 0 unspecified atom stereocenters. The van der Waals surface area contributed by atoms with Gasteiger partial charge in [0.05, 0.1) is 11.6 Å². The van der Waals surface area contributed by atoms with E-state index in [1.54, 1.807) is 0 Å². The maximum Gasteiger partial charge on any atom is 0.407 e. The first-order chi connectivity index (χ1) is 11.7. The van der Waals surface area contributed by atoms with Gasteiger partial charge in [0.25, 0.3) is 0 Å². The highest BCUT2D eigenvalue weighted by atomic mass is 19.1. The number of alkyl carbamates (subject to hydrolysis) is 1. The summed E-state index contributed by atoms with van der Waals surface area (Å²) in [7, 11) is 0. The Labute approximate surface area is 139 Å². The lowest BCUT2D eigenvalue weighted by Crippen LogP contribution is -2.24. The molecule has 1 N–H and O–H groups in total. The molecule has 5 heteroatoms. The Kier molecular flexibility index (Phi) is 6.37. The van der Waals surface area contributed by atoms with Gasteiger partial charge in [-0.15, -0.1) is 0 Å². The summed E-state index contributed by atoms with van der Waals surface area (Å²) in [6.45, 7) is 0.527. The van der Waals surface area contributed by atoms with Crippen LogP contribution in [0.4, 0.5) is 9.18 Å². The second-order valence-corrected chi connectivity index (χ2v) is 4.88. The maximum atomic E-state index is 13.2. The van der Waals surface area contributed by atoms with Crippen molar-refractivity contribution < 1.29 is 13.9 Å². The number of hydrogen-bond donors (Lipinski definition) is 1. The Morgan fingerprint density at radius 3 is 2.67 bits per heavy atom. The van der Waals surface area contributed by atoms with Gasteiger partial charge in [0, 0.05) is 18.5 Å². The number of rotatable bonds is 4. The van der Waals surface area contributed by atoms with E-state index in [2.05, 4.69) is 17.2 Å². The molecule has 120 valence electrons. The Morgan fingerprint density at radius 1 is 1.17 bits per heavy atom. The summed E-state index contributed by atoms with van der Waals surface area (Å²) in [4.78, 5) is 11.5. The molecule has 2 aromatic rings. The fourth-order valence-electron chi connectivity index (χ4n) is 1.89. The molecule has 0 radical (unpaired) electrons. The van der Waals surface area contributed by atoms with Crippen LogP contribution in [0.2, 0.25) is 0 Å². The van der Waals surface area contributed by atoms with E-state index in [1.165, 1.54) is 12.1 Å². The third kappa shape index (κ3) is 5.82. The van der Waals surface area contributed by atoms with Crippen LogP contribution in [0.3, 0.4) is 0 Å². The number of carbonyl (C=O) groups is 1. The highest BCUT2D eigenvalue weighted by Crippen LogP contribution is 2.07. The van der Waals surface area contributed by atoms with Crippen molar-refractivity contribution in [2.24, 2.45) is 0 Å². The Hall–Kier alpha value is -3.31. The molecular formula is C19H15FN2O2. The first-order valence-corrected chi connectivity index (χ1v) is 7.31. The van der Waals surface area contributed by atoms with Gasteiger partial charge < -0.3 is 10.1 Å². The smallest absolute Gasteiger partial charge is 0.407 e. The SMILES string of the molecule is N#Cc1cc(F)cc(C#CCCNC(=O)OCc2ccccc2)c1. The van der Waals surface area contributed by atoms with E-state index < -0.39 is 11.9 Å². The molecule has 2 rings (SSSR count). The molecule has 0 aliphatic heterocycles. The minimum atomic E-state index is -0.516. The van der Waals surface area contributed by atoms with Crippen LogP contribution in [0.5, 0.6) is 0 Å². The van der Waals surface area contributed by atoms with Crippen molar-refractivity contribution in [3.8, 4) is 17.9 Å². The van der Waals surface area contributed by atoms with Crippen molar-refractivity contribution in [3.05, 3.63) is 71.0 Å². The van der Waals surface area contributed by atoms with Crippen molar-refractivity contribution in [1.29, 1.82) is 5.26 Å². The molecule has 0 heterocycles. The van der Waals surface area contributed by atoms with Crippen LogP contribution in [-0.2, 0) is 11.3 Å². The summed E-state index contributed by atoms with van der Waals surface area (Å²) in [5.74, 6) is 5.07. The fourth-order valence-corrected chi connectivity index (χ4v) is 1.89. The Balaban J connectivity index is 1.72. The summed E-state index contributed by atoms with van der Waals surface area (Å²) >= 11 is 0. The molecule has 24 heavy (non-hydrogen) atoms. The van der Waals surface area contributed by atoms with Gasteiger partial charge in [0.1, 0.15) is 12.4 Å². The average molecular weight is 322 g/mol. The summed E-state index contributed by atoms with van der Waals surface area (Å²) < 4.78 is 18.3. The monoisotopic (exact) mass is 322 g/mol. The number of nitrogens with one attached hydrogen (secondary N) is 1. The zero-order chi connectivity index (χ0) is 17.2. The number of hydrogen-bond acceptors (Lipinski definition) is 3. The molecule has 2 aromatic carbocycles. The van der Waals surface area contributed by atoms with Gasteiger partial charge in [0.2, 0.25) is 0 Å². The van der Waals surface area contributed by atoms with E-state index in [1.807, 2.05) is 36.4 Å². The molecular weight excluding hydrogens is 307 g/mol. The van der Waals surface area contributed by atoms with Gasteiger partial charge in [-0.1, -0.05) is 42.2 Å². The number of amides is 1. The summed E-state index contributed by atoms with van der Waals surface area (Å²) in [5, 5.41) is 11.3. The van der Waals surface area contributed by atoms with Crippen LogP contribution in [0.15, 0.2) is 48.5 Å². The number of nitriles is 1. The van der Waals surface area contributed by atoms with Crippen molar-refractivity contribution in [2.45, 2.75) is 13.0 Å². The lowest BCUT2D eigenvalue weighted by molar-refractivity contribution is 0.140. The number of benzene rings is 2. The van der Waals surface area contributed by atoms with E-state index in [9.17, 15) is 9.18 Å². The van der Waals surface area contributed by atoms with Crippen LogP contribution in [0.25, 0.3) is 0 Å². The maximum absolute atomic E-state index is 13.2. The predicted molar refractivity (Wildman–Crippen MR) is 87.2 cm³/mol. The van der Waals surface area contributed by atoms with E-state index in [0.29, 0.717) is 18.5 Å². The third-order valence-electron chi connectivity index (χ3n) is 2.99. The molecule has 0 atom stereocenters.